The molecule has 2 aromatic carbocycles. The highest BCUT2D eigenvalue weighted by molar-refractivity contribution is 6.39. The van der Waals surface area contributed by atoms with Gasteiger partial charge in [0.1, 0.15) is 17.0 Å². The lowest BCUT2D eigenvalue weighted by Crippen LogP contribution is -2.21. The van der Waals surface area contributed by atoms with Crippen LogP contribution in [0.5, 0.6) is 0 Å². The van der Waals surface area contributed by atoms with E-state index in [1.54, 1.807) is 18.2 Å². The van der Waals surface area contributed by atoms with E-state index < -0.39 is 0 Å². The predicted octanol–water partition coefficient (Wildman–Crippen LogP) is 6.86. The fourth-order valence-electron chi connectivity index (χ4n) is 4.33. The number of halogens is 2. The topological polar surface area (TPSA) is 67.6 Å². The van der Waals surface area contributed by atoms with Crippen molar-refractivity contribution in [3.05, 3.63) is 63.8 Å². The van der Waals surface area contributed by atoms with Gasteiger partial charge in [-0.15, -0.1) is 0 Å². The Morgan fingerprint density at radius 1 is 1.12 bits per heavy atom. The van der Waals surface area contributed by atoms with Crippen LogP contribution in [0.15, 0.2) is 47.0 Å². The van der Waals surface area contributed by atoms with E-state index in [-0.39, 0.29) is 12.0 Å². The summed E-state index contributed by atoms with van der Waals surface area (Å²) in [7, 11) is 0. The average Bonchev–Trinajstić information content (AvgIpc) is 3.49. The number of rotatable bonds is 9. The number of hydrogen-bond donors (Lipinski definition) is 1. The minimum absolute atomic E-state index is 0.168. The number of hydrogen-bond acceptors (Lipinski definition) is 5. The van der Waals surface area contributed by atoms with Gasteiger partial charge in [0.05, 0.1) is 16.1 Å². The molecule has 1 saturated heterocycles. The number of benzene rings is 2. The predicted molar refractivity (Wildman–Crippen MR) is 137 cm³/mol. The Morgan fingerprint density at radius 2 is 1.82 bits per heavy atom. The highest BCUT2D eigenvalue weighted by Gasteiger charge is 2.28. The number of ether oxygens (including phenoxy) is 1. The Balaban J connectivity index is 1.63. The number of carbonyl (C=O) groups is 1. The first-order valence-corrected chi connectivity index (χ1v) is 12.5. The molecule has 1 aliphatic rings. The van der Waals surface area contributed by atoms with Crippen LogP contribution in [0.4, 0.5) is 11.4 Å². The van der Waals surface area contributed by atoms with Crippen molar-refractivity contribution in [2.75, 3.05) is 29.9 Å². The van der Waals surface area contributed by atoms with Gasteiger partial charge in [0.2, 0.25) is 0 Å². The zero-order chi connectivity index (χ0) is 24.1. The minimum atomic E-state index is -0.315. The van der Waals surface area contributed by atoms with Crippen LogP contribution >= 0.6 is 23.2 Å². The number of carbonyl (C=O) groups excluding carboxylic acids is 1. The first-order chi connectivity index (χ1) is 16.5. The third kappa shape index (κ3) is 5.40. The van der Waals surface area contributed by atoms with Gasteiger partial charge >= 0.3 is 0 Å². The molecule has 1 amide bonds. The average molecular weight is 502 g/mol. The van der Waals surface area contributed by atoms with Gasteiger partial charge in [-0.25, -0.2) is 0 Å². The summed E-state index contributed by atoms with van der Waals surface area (Å²) in [6.45, 7) is 6.84. The van der Waals surface area contributed by atoms with E-state index in [2.05, 4.69) is 29.2 Å². The summed E-state index contributed by atoms with van der Waals surface area (Å²) < 4.78 is 11.4. The van der Waals surface area contributed by atoms with E-state index >= 15 is 0 Å². The molecule has 1 unspecified atom stereocenters. The largest absolute Gasteiger partial charge is 0.378 e. The van der Waals surface area contributed by atoms with Gasteiger partial charge in [0, 0.05) is 43.1 Å². The van der Waals surface area contributed by atoms with Crippen molar-refractivity contribution < 1.29 is 14.1 Å². The van der Waals surface area contributed by atoms with Gasteiger partial charge in [-0.3, -0.25) is 4.79 Å². The second kappa shape index (κ2) is 11.3. The third-order valence-corrected chi connectivity index (χ3v) is 6.79. The standard InChI is InChI=1S/C26H29Cl2N3O3/c1-3-31(4-2)18-12-10-17(11-13-18)29-26(32)24-22(15-14-19-7-6-16-33-19)34-30-25(24)23-20(27)8-5-9-21(23)28/h5,8-13,19H,3-4,6-7,14-16H2,1-2H3,(H,29,32). The number of aromatic nitrogens is 1. The van der Waals surface area contributed by atoms with Crippen molar-refractivity contribution in [2.24, 2.45) is 0 Å². The van der Waals surface area contributed by atoms with Gasteiger partial charge in [0.25, 0.3) is 5.91 Å². The van der Waals surface area contributed by atoms with Crippen molar-refractivity contribution >= 4 is 40.5 Å². The van der Waals surface area contributed by atoms with Crippen LogP contribution < -0.4 is 10.2 Å². The van der Waals surface area contributed by atoms with E-state index in [0.29, 0.717) is 44.7 Å². The van der Waals surface area contributed by atoms with Crippen molar-refractivity contribution in [2.45, 2.75) is 45.6 Å². The molecule has 0 saturated carbocycles. The highest BCUT2D eigenvalue weighted by atomic mass is 35.5. The zero-order valence-electron chi connectivity index (χ0n) is 19.4. The molecule has 2 heterocycles. The van der Waals surface area contributed by atoms with Crippen molar-refractivity contribution in [1.29, 1.82) is 0 Å². The number of nitrogens with zero attached hydrogens (tertiary/aromatic N) is 2. The molecule has 3 aromatic rings. The van der Waals surface area contributed by atoms with Crippen LogP contribution in [0, 0.1) is 0 Å². The number of amides is 1. The van der Waals surface area contributed by atoms with Gasteiger partial charge in [-0.2, -0.15) is 0 Å². The van der Waals surface area contributed by atoms with Crippen LogP contribution in [-0.4, -0.2) is 36.9 Å². The van der Waals surface area contributed by atoms with Gasteiger partial charge < -0.3 is 19.5 Å². The molecule has 4 rings (SSSR count). The SMILES string of the molecule is CCN(CC)c1ccc(NC(=O)c2c(-c3c(Cl)cccc3Cl)noc2CCC2CCCO2)cc1. The van der Waals surface area contributed by atoms with Gasteiger partial charge in [0.15, 0.2) is 0 Å². The normalized spacial score (nSPS) is 15.5. The van der Waals surface area contributed by atoms with Crippen LogP contribution in [0.2, 0.25) is 10.0 Å². The Bertz CT molecular complexity index is 1100. The summed E-state index contributed by atoms with van der Waals surface area (Å²) in [5, 5.41) is 8.03. The Kier molecular flexibility index (Phi) is 8.14. The van der Waals surface area contributed by atoms with Crippen LogP contribution in [0.1, 0.15) is 49.2 Å². The quantitative estimate of drug-likeness (QED) is 0.346. The van der Waals surface area contributed by atoms with Crippen molar-refractivity contribution in [3.63, 3.8) is 0 Å². The molecule has 1 aromatic heterocycles. The highest BCUT2D eigenvalue weighted by Crippen LogP contribution is 2.37. The number of nitrogens with one attached hydrogen (secondary N) is 1. The molecule has 6 nitrogen and oxygen atoms in total. The second-order valence-electron chi connectivity index (χ2n) is 8.27. The molecular weight excluding hydrogens is 473 g/mol. The summed E-state index contributed by atoms with van der Waals surface area (Å²) in [5.41, 5.74) is 2.97. The van der Waals surface area contributed by atoms with Crippen LogP contribution in [0.25, 0.3) is 11.3 Å². The maximum Gasteiger partial charge on any atom is 0.261 e. The van der Waals surface area contributed by atoms with E-state index in [0.717, 1.165) is 44.6 Å². The Morgan fingerprint density at radius 3 is 2.44 bits per heavy atom. The second-order valence-corrected chi connectivity index (χ2v) is 9.09. The van der Waals surface area contributed by atoms with E-state index in [1.165, 1.54) is 0 Å². The zero-order valence-corrected chi connectivity index (χ0v) is 21.0. The number of aryl methyl sites for hydroxylation is 1. The molecule has 1 atom stereocenters. The van der Waals surface area contributed by atoms with E-state index in [4.69, 9.17) is 32.5 Å². The molecule has 1 fully saturated rings. The van der Waals surface area contributed by atoms with Crippen LogP contribution in [0.3, 0.4) is 0 Å². The summed E-state index contributed by atoms with van der Waals surface area (Å²) in [6, 6.07) is 13.0. The molecule has 1 aliphatic heterocycles. The molecule has 180 valence electrons. The van der Waals surface area contributed by atoms with E-state index in [9.17, 15) is 4.79 Å². The van der Waals surface area contributed by atoms with Gasteiger partial charge in [-0.1, -0.05) is 34.4 Å². The summed E-state index contributed by atoms with van der Waals surface area (Å²) >= 11 is 12.9. The summed E-state index contributed by atoms with van der Waals surface area (Å²) in [5.74, 6) is 0.184. The first kappa shape index (κ1) is 24.6. The monoisotopic (exact) mass is 501 g/mol. The fraction of sp³-hybridized carbons (Fsp3) is 0.385. The van der Waals surface area contributed by atoms with Crippen molar-refractivity contribution in [1.82, 2.24) is 5.16 Å². The smallest absolute Gasteiger partial charge is 0.261 e. The molecule has 1 N–H and O–H groups in total. The molecule has 0 radical (unpaired) electrons. The molecule has 0 bridgehead atoms. The van der Waals surface area contributed by atoms with Gasteiger partial charge in [-0.05, 0) is 69.5 Å². The Hall–Kier alpha value is -2.54. The maximum absolute atomic E-state index is 13.5. The minimum Gasteiger partial charge on any atom is -0.378 e. The third-order valence-electron chi connectivity index (χ3n) is 6.16. The first-order valence-electron chi connectivity index (χ1n) is 11.7. The lowest BCUT2D eigenvalue weighted by atomic mass is 10.0. The lowest BCUT2D eigenvalue weighted by Gasteiger charge is -2.21. The van der Waals surface area contributed by atoms with Crippen molar-refractivity contribution in [3.8, 4) is 11.3 Å². The number of anilines is 2. The molecule has 8 heteroatoms. The summed E-state index contributed by atoms with van der Waals surface area (Å²) in [4.78, 5) is 15.7. The summed E-state index contributed by atoms with van der Waals surface area (Å²) in [6.07, 6.45) is 3.52. The van der Waals surface area contributed by atoms with E-state index in [1.807, 2.05) is 24.3 Å². The maximum atomic E-state index is 13.5. The fourth-order valence-corrected chi connectivity index (χ4v) is 4.90. The lowest BCUT2D eigenvalue weighted by molar-refractivity contribution is 0.1000. The molecule has 0 spiro atoms. The molecule has 34 heavy (non-hydrogen) atoms. The van der Waals surface area contributed by atoms with Crippen LogP contribution in [-0.2, 0) is 11.2 Å². The Labute approximate surface area is 210 Å². The molecule has 0 aliphatic carbocycles. The molecular formula is C26H29Cl2N3O3.